The van der Waals surface area contributed by atoms with Crippen LogP contribution in [0.25, 0.3) is 11.4 Å². The van der Waals surface area contributed by atoms with Gasteiger partial charge in [-0.05, 0) is 42.0 Å². The van der Waals surface area contributed by atoms with Gasteiger partial charge < -0.3 is 14.0 Å². The average molecular weight is 314 g/mol. The van der Waals surface area contributed by atoms with Gasteiger partial charge in [-0.15, -0.1) is 0 Å². The van der Waals surface area contributed by atoms with Crippen LogP contribution in [0.2, 0.25) is 0 Å². The lowest BCUT2D eigenvalue weighted by molar-refractivity contribution is 0.354. The third-order valence-electron chi connectivity index (χ3n) is 3.37. The van der Waals surface area contributed by atoms with Crippen LogP contribution in [0.3, 0.4) is 0 Å². The molecule has 0 saturated heterocycles. The standard InChI is InChI=1S/C17H15FN2O3/c1-21-14-8-3-11(9-15(14)22-2)10-16-19-17(20-23-16)12-4-6-13(18)7-5-12/h3-9H,10H2,1-2H3. The van der Waals surface area contributed by atoms with Crippen molar-refractivity contribution in [3.8, 4) is 22.9 Å². The van der Waals surface area contributed by atoms with E-state index < -0.39 is 0 Å². The zero-order chi connectivity index (χ0) is 16.2. The number of hydrogen-bond acceptors (Lipinski definition) is 5. The van der Waals surface area contributed by atoms with Gasteiger partial charge in [0.1, 0.15) is 5.82 Å². The van der Waals surface area contributed by atoms with E-state index in [2.05, 4.69) is 10.1 Å². The monoisotopic (exact) mass is 314 g/mol. The van der Waals surface area contributed by atoms with Crippen LogP contribution in [0, 0.1) is 5.82 Å². The molecule has 1 aromatic heterocycles. The number of hydrogen-bond donors (Lipinski definition) is 0. The number of aromatic nitrogens is 2. The Morgan fingerprint density at radius 2 is 1.74 bits per heavy atom. The Hall–Kier alpha value is -2.89. The highest BCUT2D eigenvalue weighted by Gasteiger charge is 2.11. The smallest absolute Gasteiger partial charge is 0.231 e. The zero-order valence-corrected chi connectivity index (χ0v) is 12.7. The first-order chi connectivity index (χ1) is 11.2. The van der Waals surface area contributed by atoms with Crippen molar-refractivity contribution in [2.24, 2.45) is 0 Å². The first-order valence-corrected chi connectivity index (χ1v) is 6.99. The third kappa shape index (κ3) is 3.31. The van der Waals surface area contributed by atoms with Gasteiger partial charge in [-0.3, -0.25) is 0 Å². The lowest BCUT2D eigenvalue weighted by Gasteiger charge is -2.08. The topological polar surface area (TPSA) is 57.4 Å². The van der Waals surface area contributed by atoms with Crippen molar-refractivity contribution in [3.05, 3.63) is 59.7 Å². The minimum Gasteiger partial charge on any atom is -0.493 e. The second-order valence-electron chi connectivity index (χ2n) is 4.88. The van der Waals surface area contributed by atoms with Gasteiger partial charge in [0.15, 0.2) is 11.5 Å². The zero-order valence-electron chi connectivity index (χ0n) is 12.7. The van der Waals surface area contributed by atoms with Gasteiger partial charge in [0.25, 0.3) is 0 Å². The minimum absolute atomic E-state index is 0.303. The van der Waals surface area contributed by atoms with E-state index in [-0.39, 0.29) is 5.82 Å². The highest BCUT2D eigenvalue weighted by Crippen LogP contribution is 2.28. The molecule has 0 radical (unpaired) electrons. The summed E-state index contributed by atoms with van der Waals surface area (Å²) in [7, 11) is 3.17. The van der Waals surface area contributed by atoms with E-state index in [1.807, 2.05) is 18.2 Å². The normalized spacial score (nSPS) is 10.6. The Morgan fingerprint density at radius 1 is 1.00 bits per heavy atom. The first-order valence-electron chi connectivity index (χ1n) is 6.99. The van der Waals surface area contributed by atoms with E-state index in [1.165, 1.54) is 12.1 Å². The summed E-state index contributed by atoms with van der Waals surface area (Å²) in [6.45, 7) is 0. The fourth-order valence-electron chi connectivity index (χ4n) is 2.21. The molecule has 0 fully saturated rings. The predicted molar refractivity (Wildman–Crippen MR) is 82.0 cm³/mol. The summed E-state index contributed by atoms with van der Waals surface area (Å²) in [5.74, 6) is 1.90. The second kappa shape index (κ2) is 6.48. The molecule has 0 N–H and O–H groups in total. The Balaban J connectivity index is 1.80. The maximum Gasteiger partial charge on any atom is 0.231 e. The minimum atomic E-state index is -0.303. The highest BCUT2D eigenvalue weighted by atomic mass is 19.1. The van der Waals surface area contributed by atoms with E-state index in [1.54, 1.807) is 26.4 Å². The maximum atomic E-state index is 12.9. The maximum absolute atomic E-state index is 12.9. The first kappa shape index (κ1) is 15.0. The Morgan fingerprint density at radius 3 is 2.43 bits per heavy atom. The van der Waals surface area contributed by atoms with Crippen LogP contribution in [0.4, 0.5) is 4.39 Å². The molecule has 118 valence electrons. The van der Waals surface area contributed by atoms with Crippen LogP contribution < -0.4 is 9.47 Å². The molecule has 6 heteroatoms. The lowest BCUT2D eigenvalue weighted by atomic mass is 10.1. The lowest BCUT2D eigenvalue weighted by Crippen LogP contribution is -1.94. The van der Waals surface area contributed by atoms with Gasteiger partial charge in [-0.25, -0.2) is 4.39 Å². The summed E-state index contributed by atoms with van der Waals surface area (Å²) in [5.41, 5.74) is 1.66. The molecule has 0 aliphatic carbocycles. The molecule has 0 saturated carbocycles. The third-order valence-corrected chi connectivity index (χ3v) is 3.37. The summed E-state index contributed by atoms with van der Waals surface area (Å²) >= 11 is 0. The molecule has 3 aromatic rings. The van der Waals surface area contributed by atoms with Crippen molar-refractivity contribution in [1.29, 1.82) is 0 Å². The SMILES string of the molecule is COc1ccc(Cc2nc(-c3ccc(F)cc3)no2)cc1OC. The quantitative estimate of drug-likeness (QED) is 0.721. The molecular weight excluding hydrogens is 299 g/mol. The summed E-state index contributed by atoms with van der Waals surface area (Å²) in [6.07, 6.45) is 0.467. The molecule has 0 spiro atoms. The van der Waals surface area contributed by atoms with E-state index in [0.29, 0.717) is 35.2 Å². The number of nitrogens with zero attached hydrogens (tertiary/aromatic N) is 2. The molecule has 0 aliphatic rings. The second-order valence-corrected chi connectivity index (χ2v) is 4.88. The predicted octanol–water partition coefficient (Wildman–Crippen LogP) is 3.48. The van der Waals surface area contributed by atoms with Crippen LogP contribution in [0.5, 0.6) is 11.5 Å². The van der Waals surface area contributed by atoms with Gasteiger partial charge in [-0.1, -0.05) is 11.2 Å². The molecule has 5 nitrogen and oxygen atoms in total. The Labute approximate surface area is 132 Å². The molecule has 2 aromatic carbocycles. The van der Waals surface area contributed by atoms with Gasteiger partial charge in [0, 0.05) is 5.56 Å². The fraction of sp³-hybridized carbons (Fsp3) is 0.176. The van der Waals surface area contributed by atoms with Crippen LogP contribution in [-0.4, -0.2) is 24.4 Å². The van der Waals surface area contributed by atoms with Crippen molar-refractivity contribution in [2.45, 2.75) is 6.42 Å². The van der Waals surface area contributed by atoms with E-state index in [4.69, 9.17) is 14.0 Å². The molecule has 0 aliphatic heterocycles. The molecule has 0 bridgehead atoms. The fourth-order valence-corrected chi connectivity index (χ4v) is 2.21. The van der Waals surface area contributed by atoms with Crippen LogP contribution >= 0.6 is 0 Å². The van der Waals surface area contributed by atoms with Crippen molar-refractivity contribution in [3.63, 3.8) is 0 Å². The summed E-state index contributed by atoms with van der Waals surface area (Å²) in [4.78, 5) is 4.33. The van der Waals surface area contributed by atoms with E-state index in [0.717, 1.165) is 5.56 Å². The summed E-state index contributed by atoms with van der Waals surface area (Å²) < 4.78 is 28.7. The molecular formula is C17H15FN2O3. The number of ether oxygens (including phenoxy) is 2. The number of benzene rings is 2. The number of halogens is 1. The molecule has 23 heavy (non-hydrogen) atoms. The van der Waals surface area contributed by atoms with Crippen LogP contribution in [0.15, 0.2) is 47.0 Å². The molecule has 3 rings (SSSR count). The summed E-state index contributed by atoms with van der Waals surface area (Å²) in [6, 6.07) is 11.5. The molecule has 0 amide bonds. The van der Waals surface area contributed by atoms with Gasteiger partial charge in [0.05, 0.1) is 20.6 Å². The van der Waals surface area contributed by atoms with Crippen molar-refractivity contribution in [2.75, 3.05) is 14.2 Å². The van der Waals surface area contributed by atoms with Crippen molar-refractivity contribution >= 4 is 0 Å². The van der Waals surface area contributed by atoms with Crippen molar-refractivity contribution < 1.29 is 18.4 Å². The van der Waals surface area contributed by atoms with Gasteiger partial charge >= 0.3 is 0 Å². The van der Waals surface area contributed by atoms with E-state index in [9.17, 15) is 4.39 Å². The average Bonchev–Trinajstić information content (AvgIpc) is 3.04. The van der Waals surface area contributed by atoms with Gasteiger partial charge in [0.2, 0.25) is 11.7 Å². The van der Waals surface area contributed by atoms with E-state index >= 15 is 0 Å². The Bertz CT molecular complexity index is 800. The highest BCUT2D eigenvalue weighted by molar-refractivity contribution is 5.53. The van der Waals surface area contributed by atoms with Crippen molar-refractivity contribution in [1.82, 2.24) is 10.1 Å². The molecule has 1 heterocycles. The van der Waals surface area contributed by atoms with Crippen LogP contribution in [0.1, 0.15) is 11.5 Å². The van der Waals surface area contributed by atoms with Gasteiger partial charge in [-0.2, -0.15) is 4.98 Å². The summed E-state index contributed by atoms with van der Waals surface area (Å²) in [5, 5.41) is 3.92. The molecule has 0 atom stereocenters. The Kier molecular flexibility index (Phi) is 4.23. The van der Waals surface area contributed by atoms with Crippen LogP contribution in [-0.2, 0) is 6.42 Å². The molecule has 0 unspecified atom stereocenters. The largest absolute Gasteiger partial charge is 0.493 e. The number of rotatable bonds is 5. The number of methoxy groups -OCH3 is 2.